The highest BCUT2D eigenvalue weighted by Crippen LogP contribution is 2.47. The average molecular weight is 395 g/mol. The van der Waals surface area contributed by atoms with Crippen molar-refractivity contribution in [2.45, 2.75) is 52.0 Å². The molecule has 2 aromatic carbocycles. The monoisotopic (exact) mass is 394 g/mol. The second-order valence-corrected chi connectivity index (χ2v) is 9.28. The number of nitrogens with zero attached hydrogens (tertiary/aromatic N) is 2. The minimum Gasteiger partial charge on any atom is -0.311 e. The number of benzene rings is 2. The van der Waals surface area contributed by atoms with Gasteiger partial charge in [-0.25, -0.2) is 4.39 Å². The summed E-state index contributed by atoms with van der Waals surface area (Å²) in [6.07, 6.45) is 2.66. The van der Waals surface area contributed by atoms with E-state index in [1.165, 1.54) is 17.2 Å². The number of anilines is 1. The Morgan fingerprint density at radius 3 is 2.59 bits per heavy atom. The van der Waals surface area contributed by atoms with Gasteiger partial charge >= 0.3 is 0 Å². The van der Waals surface area contributed by atoms with Gasteiger partial charge in [0.15, 0.2) is 0 Å². The van der Waals surface area contributed by atoms with E-state index in [4.69, 9.17) is 0 Å². The molecule has 0 unspecified atom stereocenters. The molecule has 1 amide bonds. The second kappa shape index (κ2) is 7.91. The van der Waals surface area contributed by atoms with E-state index >= 15 is 0 Å². The Balaban J connectivity index is 1.53. The quantitative estimate of drug-likeness (QED) is 0.724. The lowest BCUT2D eigenvalue weighted by Gasteiger charge is -2.40. The SMILES string of the molecule is Cc1ccc2c(c1)C1(CCN(Cc3cccc(F)c3)CC1)CN2C(=O)CC(C)C. The van der Waals surface area contributed by atoms with Crippen molar-refractivity contribution in [1.29, 1.82) is 0 Å². The van der Waals surface area contributed by atoms with Gasteiger partial charge in [0.2, 0.25) is 5.91 Å². The number of hydrogen-bond donors (Lipinski definition) is 0. The molecule has 0 aliphatic carbocycles. The number of carbonyl (C=O) groups excluding carboxylic acids is 1. The molecular weight excluding hydrogens is 363 g/mol. The highest BCUT2D eigenvalue weighted by molar-refractivity contribution is 5.96. The molecule has 154 valence electrons. The minimum absolute atomic E-state index is 0.0480. The fourth-order valence-corrected chi connectivity index (χ4v) is 4.93. The molecule has 1 saturated heterocycles. The highest BCUT2D eigenvalue weighted by atomic mass is 19.1. The molecular formula is C25H31FN2O. The Labute approximate surface area is 173 Å². The molecule has 29 heavy (non-hydrogen) atoms. The van der Waals surface area contributed by atoms with Crippen molar-refractivity contribution < 1.29 is 9.18 Å². The Morgan fingerprint density at radius 1 is 1.14 bits per heavy atom. The summed E-state index contributed by atoms with van der Waals surface area (Å²) in [5.74, 6) is 0.431. The van der Waals surface area contributed by atoms with Crippen molar-refractivity contribution in [2.75, 3.05) is 24.5 Å². The first-order chi connectivity index (χ1) is 13.9. The first-order valence-electron chi connectivity index (χ1n) is 10.7. The van der Waals surface area contributed by atoms with Crippen LogP contribution in [0.25, 0.3) is 0 Å². The maximum Gasteiger partial charge on any atom is 0.227 e. The standard InChI is InChI=1S/C25H31FN2O/c1-18(2)13-24(29)28-17-25(22-14-19(3)7-8-23(22)28)9-11-27(12-10-25)16-20-5-4-6-21(26)15-20/h4-8,14-15,18H,9-13,16-17H2,1-3H3. The fraction of sp³-hybridized carbons (Fsp3) is 0.480. The summed E-state index contributed by atoms with van der Waals surface area (Å²) >= 11 is 0. The normalized spacial score (nSPS) is 18.4. The molecule has 3 nitrogen and oxygen atoms in total. The zero-order valence-corrected chi connectivity index (χ0v) is 17.7. The molecule has 0 radical (unpaired) electrons. The van der Waals surface area contributed by atoms with E-state index in [0.717, 1.165) is 50.3 Å². The third kappa shape index (κ3) is 4.09. The van der Waals surface area contributed by atoms with Gasteiger partial charge in [-0.1, -0.05) is 43.7 Å². The number of fused-ring (bicyclic) bond motifs is 2. The molecule has 4 rings (SSSR count). The van der Waals surface area contributed by atoms with Crippen LogP contribution in [0.15, 0.2) is 42.5 Å². The fourth-order valence-electron chi connectivity index (χ4n) is 4.93. The highest BCUT2D eigenvalue weighted by Gasteiger charge is 2.46. The summed E-state index contributed by atoms with van der Waals surface area (Å²) in [6.45, 7) is 9.85. The number of likely N-dealkylation sites (tertiary alicyclic amines) is 1. The summed E-state index contributed by atoms with van der Waals surface area (Å²) in [6, 6.07) is 13.4. The first kappa shape index (κ1) is 20.1. The van der Waals surface area contributed by atoms with Crippen molar-refractivity contribution in [3.05, 3.63) is 65.0 Å². The Morgan fingerprint density at radius 2 is 1.90 bits per heavy atom. The van der Waals surface area contributed by atoms with Crippen LogP contribution in [0, 0.1) is 18.7 Å². The summed E-state index contributed by atoms with van der Waals surface area (Å²) in [4.78, 5) is 17.4. The van der Waals surface area contributed by atoms with Gasteiger partial charge in [0.05, 0.1) is 0 Å². The maximum absolute atomic E-state index is 13.5. The van der Waals surface area contributed by atoms with E-state index in [0.29, 0.717) is 12.3 Å². The van der Waals surface area contributed by atoms with Crippen LogP contribution < -0.4 is 4.90 Å². The minimum atomic E-state index is -0.171. The lowest BCUT2D eigenvalue weighted by atomic mass is 9.74. The van der Waals surface area contributed by atoms with Gasteiger partial charge in [-0.05, 0) is 68.1 Å². The summed E-state index contributed by atoms with van der Waals surface area (Å²) in [5.41, 5.74) is 4.78. The van der Waals surface area contributed by atoms with Gasteiger partial charge in [-0.15, -0.1) is 0 Å². The Bertz CT molecular complexity index is 899. The van der Waals surface area contributed by atoms with Gasteiger partial charge in [0.1, 0.15) is 5.82 Å². The molecule has 2 aromatic rings. The molecule has 2 heterocycles. The zero-order valence-electron chi connectivity index (χ0n) is 17.7. The predicted molar refractivity (Wildman–Crippen MR) is 116 cm³/mol. The summed E-state index contributed by atoms with van der Waals surface area (Å²) in [7, 11) is 0. The topological polar surface area (TPSA) is 23.6 Å². The van der Waals surface area contributed by atoms with E-state index in [2.05, 4.69) is 43.9 Å². The lowest BCUT2D eigenvalue weighted by molar-refractivity contribution is -0.119. The van der Waals surface area contributed by atoms with Crippen LogP contribution >= 0.6 is 0 Å². The number of piperidine rings is 1. The molecule has 2 aliphatic rings. The predicted octanol–water partition coefficient (Wildman–Crippen LogP) is 5.06. The van der Waals surface area contributed by atoms with Crippen LogP contribution in [0.2, 0.25) is 0 Å². The third-order valence-corrected chi connectivity index (χ3v) is 6.47. The van der Waals surface area contributed by atoms with E-state index < -0.39 is 0 Å². The molecule has 4 heteroatoms. The van der Waals surface area contributed by atoms with E-state index in [1.807, 2.05) is 11.0 Å². The number of hydrogen-bond acceptors (Lipinski definition) is 2. The van der Waals surface area contributed by atoms with Crippen LogP contribution in [0.4, 0.5) is 10.1 Å². The second-order valence-electron chi connectivity index (χ2n) is 9.28. The van der Waals surface area contributed by atoms with Gasteiger partial charge in [0, 0.05) is 30.6 Å². The van der Waals surface area contributed by atoms with Crippen molar-refractivity contribution >= 4 is 11.6 Å². The average Bonchev–Trinajstić information content (AvgIpc) is 2.97. The zero-order chi connectivity index (χ0) is 20.6. The maximum atomic E-state index is 13.5. The van der Waals surface area contributed by atoms with Gasteiger partial charge in [0.25, 0.3) is 0 Å². The van der Waals surface area contributed by atoms with Crippen LogP contribution in [0.5, 0.6) is 0 Å². The van der Waals surface area contributed by atoms with Crippen molar-refractivity contribution in [3.63, 3.8) is 0 Å². The van der Waals surface area contributed by atoms with Crippen LogP contribution in [-0.2, 0) is 16.8 Å². The lowest BCUT2D eigenvalue weighted by Crippen LogP contribution is -2.45. The Kier molecular flexibility index (Phi) is 5.48. The van der Waals surface area contributed by atoms with Gasteiger partial charge in [-0.3, -0.25) is 9.69 Å². The van der Waals surface area contributed by atoms with Crippen molar-refractivity contribution in [3.8, 4) is 0 Å². The van der Waals surface area contributed by atoms with Crippen LogP contribution in [0.3, 0.4) is 0 Å². The van der Waals surface area contributed by atoms with Crippen LogP contribution in [0.1, 0.15) is 49.8 Å². The largest absolute Gasteiger partial charge is 0.311 e. The summed E-state index contributed by atoms with van der Waals surface area (Å²) in [5, 5.41) is 0. The number of amides is 1. The molecule has 0 bridgehead atoms. The Hall–Kier alpha value is -2.20. The van der Waals surface area contributed by atoms with E-state index in [9.17, 15) is 9.18 Å². The number of rotatable bonds is 4. The number of halogens is 1. The smallest absolute Gasteiger partial charge is 0.227 e. The molecule has 2 aliphatic heterocycles. The number of aryl methyl sites for hydroxylation is 1. The molecule has 0 atom stereocenters. The molecule has 1 fully saturated rings. The third-order valence-electron chi connectivity index (χ3n) is 6.47. The molecule has 0 saturated carbocycles. The molecule has 1 spiro atoms. The van der Waals surface area contributed by atoms with Crippen molar-refractivity contribution in [2.24, 2.45) is 5.92 Å². The molecule has 0 aromatic heterocycles. The van der Waals surface area contributed by atoms with Crippen LogP contribution in [-0.4, -0.2) is 30.4 Å². The van der Waals surface area contributed by atoms with Gasteiger partial charge < -0.3 is 4.90 Å². The summed E-state index contributed by atoms with van der Waals surface area (Å²) < 4.78 is 13.5. The first-order valence-corrected chi connectivity index (χ1v) is 10.7. The van der Waals surface area contributed by atoms with E-state index in [1.54, 1.807) is 12.1 Å². The van der Waals surface area contributed by atoms with E-state index in [-0.39, 0.29) is 17.1 Å². The van der Waals surface area contributed by atoms with Crippen molar-refractivity contribution in [1.82, 2.24) is 4.90 Å². The molecule has 0 N–H and O–H groups in total. The van der Waals surface area contributed by atoms with Gasteiger partial charge in [-0.2, -0.15) is 0 Å². The number of carbonyl (C=O) groups is 1.